The third-order valence-electron chi connectivity index (χ3n) is 5.64. The molecule has 3 aromatic rings. The van der Waals surface area contributed by atoms with Crippen molar-refractivity contribution >= 4 is 33.5 Å². The highest BCUT2D eigenvalue weighted by Gasteiger charge is 2.09. The second kappa shape index (κ2) is 27.4. The van der Waals surface area contributed by atoms with Crippen molar-refractivity contribution in [2.45, 2.75) is 60.8 Å². The number of amides is 1. The number of allylic oxidation sites excluding steroid dienone is 2. The molecule has 7 nitrogen and oxygen atoms in total. The average Bonchev–Trinajstić information content (AvgIpc) is 3.08. The first kappa shape index (κ1) is 44.2. The van der Waals surface area contributed by atoms with Gasteiger partial charge in [0.1, 0.15) is 23.1 Å². The first-order chi connectivity index (χ1) is 22.1. The Bertz CT molecular complexity index is 1320. The van der Waals surface area contributed by atoms with E-state index < -0.39 is 11.6 Å². The van der Waals surface area contributed by atoms with Crippen molar-refractivity contribution in [2.75, 3.05) is 40.2 Å². The normalized spacial score (nSPS) is 9.41. The third kappa shape index (κ3) is 17.5. The van der Waals surface area contributed by atoms with Gasteiger partial charge in [0.15, 0.2) is 0 Å². The van der Waals surface area contributed by atoms with Gasteiger partial charge in [-0.3, -0.25) is 9.59 Å². The molecule has 10 heteroatoms. The van der Waals surface area contributed by atoms with Gasteiger partial charge in [0.2, 0.25) is 0 Å². The van der Waals surface area contributed by atoms with E-state index in [-0.39, 0.29) is 18.3 Å². The predicted molar refractivity (Wildman–Crippen MR) is 189 cm³/mol. The maximum Gasteiger partial charge on any atom is 0.310 e. The van der Waals surface area contributed by atoms with Gasteiger partial charge in [-0.1, -0.05) is 68.8 Å². The van der Waals surface area contributed by atoms with Crippen LogP contribution in [0.4, 0.5) is 14.5 Å². The van der Waals surface area contributed by atoms with Crippen LogP contribution in [-0.4, -0.2) is 46.8 Å². The van der Waals surface area contributed by atoms with E-state index in [0.29, 0.717) is 24.1 Å². The van der Waals surface area contributed by atoms with Gasteiger partial charge in [-0.15, -0.1) is 0 Å². The lowest BCUT2D eigenvalue weighted by Crippen LogP contribution is -2.22. The number of hydrogen-bond donors (Lipinski definition) is 2. The topological polar surface area (TPSA) is 85.9 Å². The van der Waals surface area contributed by atoms with E-state index in [1.165, 1.54) is 19.2 Å². The highest BCUT2D eigenvalue weighted by atomic mass is 79.9. The molecule has 256 valence electrons. The maximum atomic E-state index is 13.0. The summed E-state index contributed by atoms with van der Waals surface area (Å²) in [6.45, 7) is 12.5. The van der Waals surface area contributed by atoms with Gasteiger partial charge < -0.3 is 24.8 Å². The molecule has 0 saturated heterocycles. The molecule has 3 aromatic carbocycles. The van der Waals surface area contributed by atoms with Crippen molar-refractivity contribution in [3.63, 3.8) is 0 Å². The molecule has 0 aliphatic carbocycles. The quantitative estimate of drug-likeness (QED) is 0.161. The minimum Gasteiger partial charge on any atom is -0.497 e. The van der Waals surface area contributed by atoms with Crippen LogP contribution in [0, 0.1) is 11.6 Å². The lowest BCUT2D eigenvalue weighted by Gasteiger charge is -2.09. The zero-order chi connectivity index (χ0) is 35.5. The van der Waals surface area contributed by atoms with E-state index in [9.17, 15) is 18.4 Å². The van der Waals surface area contributed by atoms with Crippen molar-refractivity contribution in [1.82, 2.24) is 5.32 Å². The predicted octanol–water partition coefficient (Wildman–Crippen LogP) is 9.19. The molecule has 0 saturated carbocycles. The third-order valence-corrected chi connectivity index (χ3v) is 6.41. The fourth-order valence-corrected chi connectivity index (χ4v) is 3.80. The van der Waals surface area contributed by atoms with Gasteiger partial charge in [-0.25, -0.2) is 8.78 Å². The van der Waals surface area contributed by atoms with Gasteiger partial charge in [0.05, 0.1) is 33.4 Å². The first-order valence-electron chi connectivity index (χ1n) is 15.3. The standard InChI is InChI=1S/C11H12F2.C11H16N2O2.C10H11BrO3.2C2H6/c1-2-3-4-5-9-6-7-10(12)8-11(9)13;1-4-13-11(14)8-5-6-10(15-3)9(7-8)12-2;1-13-8-3-4-9(11)7(5-8)6-10(12)14-2;2*1-2/h3-4,6-8H,2,5H2,1H3;5-7,12H,4H2,1-3H3,(H,13,14);3-5H,6H2,1-2H3;2*1-2H3/b4-3+;;;;. The SMILES string of the molecule is CC.CC.CC/C=C/Cc1ccc(F)cc1F.CCNC(=O)c1ccc(OC)c(NC)c1.COC(=O)Cc1cc(OC)ccc1Br. The second-order valence-corrected chi connectivity index (χ2v) is 9.41. The Kier molecular flexibility index (Phi) is 26.3. The van der Waals surface area contributed by atoms with E-state index in [1.54, 1.807) is 45.5 Å². The molecule has 0 spiro atoms. The molecule has 1 amide bonds. The number of anilines is 1. The zero-order valence-electron chi connectivity index (χ0n) is 28.9. The van der Waals surface area contributed by atoms with Crippen LogP contribution >= 0.6 is 15.9 Å². The number of rotatable bonds is 10. The van der Waals surface area contributed by atoms with Crippen molar-refractivity contribution in [2.24, 2.45) is 0 Å². The molecular weight excluding hydrogens is 658 g/mol. The molecule has 46 heavy (non-hydrogen) atoms. The van der Waals surface area contributed by atoms with Crippen LogP contribution < -0.4 is 20.1 Å². The summed E-state index contributed by atoms with van der Waals surface area (Å²) in [6, 6.07) is 14.4. The zero-order valence-corrected chi connectivity index (χ0v) is 30.4. The minimum absolute atomic E-state index is 0.0725. The fraction of sp³-hybridized carbons (Fsp3) is 0.389. The largest absolute Gasteiger partial charge is 0.497 e. The van der Waals surface area contributed by atoms with Crippen LogP contribution in [0.5, 0.6) is 11.5 Å². The molecule has 0 atom stereocenters. The van der Waals surface area contributed by atoms with E-state index in [1.807, 2.05) is 65.8 Å². The minimum atomic E-state index is -0.527. The van der Waals surface area contributed by atoms with Gasteiger partial charge in [0, 0.05) is 29.7 Å². The van der Waals surface area contributed by atoms with Crippen molar-refractivity contribution in [3.8, 4) is 11.5 Å². The summed E-state index contributed by atoms with van der Waals surface area (Å²) >= 11 is 3.35. The fourth-order valence-electron chi connectivity index (χ4n) is 3.41. The van der Waals surface area contributed by atoms with E-state index in [0.717, 1.165) is 39.7 Å². The Hall–Kier alpha value is -3.92. The van der Waals surface area contributed by atoms with Crippen molar-refractivity contribution in [3.05, 3.63) is 99.5 Å². The summed E-state index contributed by atoms with van der Waals surface area (Å²) < 4.78 is 41.1. The lowest BCUT2D eigenvalue weighted by molar-refractivity contribution is -0.139. The monoisotopic (exact) mass is 708 g/mol. The first-order valence-corrected chi connectivity index (χ1v) is 16.0. The van der Waals surface area contributed by atoms with Gasteiger partial charge in [-0.05, 0) is 73.4 Å². The maximum absolute atomic E-state index is 13.0. The molecule has 3 rings (SSSR count). The van der Waals surface area contributed by atoms with Gasteiger partial charge in [0.25, 0.3) is 5.91 Å². The van der Waals surface area contributed by atoms with Crippen LogP contribution in [0.3, 0.4) is 0 Å². The summed E-state index contributed by atoms with van der Waals surface area (Å²) in [4.78, 5) is 22.6. The number of ether oxygens (including phenoxy) is 3. The highest BCUT2D eigenvalue weighted by molar-refractivity contribution is 9.10. The number of nitrogens with one attached hydrogen (secondary N) is 2. The van der Waals surface area contributed by atoms with Crippen LogP contribution in [0.1, 0.15) is 69.4 Å². The Labute approximate surface area is 282 Å². The molecule has 0 aromatic heterocycles. The Morgan fingerprint density at radius 2 is 1.52 bits per heavy atom. The number of esters is 1. The molecule has 0 bridgehead atoms. The molecule has 2 N–H and O–H groups in total. The Morgan fingerprint density at radius 3 is 2.04 bits per heavy atom. The number of benzene rings is 3. The number of methoxy groups -OCH3 is 3. The molecular formula is C36H51BrF2N2O5. The summed E-state index contributed by atoms with van der Waals surface area (Å²) in [5, 5.41) is 5.72. The molecule has 0 fully saturated rings. The van der Waals surface area contributed by atoms with Gasteiger partial charge in [-0.2, -0.15) is 0 Å². The van der Waals surface area contributed by atoms with E-state index in [4.69, 9.17) is 9.47 Å². The number of carbonyl (C=O) groups is 2. The van der Waals surface area contributed by atoms with Crippen LogP contribution in [0.15, 0.2) is 71.2 Å². The number of carbonyl (C=O) groups excluding carboxylic acids is 2. The van der Waals surface area contributed by atoms with E-state index >= 15 is 0 Å². The Balaban J connectivity index is 0. The summed E-state index contributed by atoms with van der Waals surface area (Å²) in [7, 11) is 6.35. The van der Waals surface area contributed by atoms with Gasteiger partial charge >= 0.3 is 5.97 Å². The molecule has 0 heterocycles. The molecule has 0 unspecified atom stereocenters. The molecule has 0 aliphatic heterocycles. The lowest BCUT2D eigenvalue weighted by atomic mass is 10.1. The number of hydrogen-bond acceptors (Lipinski definition) is 6. The second-order valence-electron chi connectivity index (χ2n) is 8.55. The average molecular weight is 710 g/mol. The summed E-state index contributed by atoms with van der Waals surface area (Å²) in [5.74, 6) is 0.120. The highest BCUT2D eigenvalue weighted by Crippen LogP contribution is 2.25. The molecule has 0 aliphatic rings. The summed E-state index contributed by atoms with van der Waals surface area (Å²) in [5.41, 5.74) is 2.82. The molecule has 0 radical (unpaired) electrons. The number of halogens is 3. The van der Waals surface area contributed by atoms with E-state index in [2.05, 4.69) is 31.3 Å². The Morgan fingerprint density at radius 1 is 0.848 bits per heavy atom. The van der Waals surface area contributed by atoms with Crippen LogP contribution in [-0.2, 0) is 22.4 Å². The summed E-state index contributed by atoms with van der Waals surface area (Å²) in [6.07, 6.45) is 5.55. The van der Waals surface area contributed by atoms with Crippen molar-refractivity contribution in [1.29, 1.82) is 0 Å². The van der Waals surface area contributed by atoms with Crippen LogP contribution in [0.25, 0.3) is 0 Å². The van der Waals surface area contributed by atoms with Crippen LogP contribution in [0.2, 0.25) is 0 Å². The smallest absolute Gasteiger partial charge is 0.310 e. The van der Waals surface area contributed by atoms with Crippen molar-refractivity contribution < 1.29 is 32.6 Å².